The number of hydrogen-bond acceptors (Lipinski definition) is 5. The van der Waals surface area contributed by atoms with Crippen LogP contribution in [0.15, 0.2) is 41.8 Å². The summed E-state index contributed by atoms with van der Waals surface area (Å²) in [6.45, 7) is 3.18. The van der Waals surface area contributed by atoms with Gasteiger partial charge in [-0.25, -0.2) is 0 Å². The Morgan fingerprint density at radius 3 is 2.67 bits per heavy atom. The van der Waals surface area contributed by atoms with Crippen molar-refractivity contribution in [1.29, 1.82) is 0 Å². The van der Waals surface area contributed by atoms with E-state index in [2.05, 4.69) is 20.8 Å². The van der Waals surface area contributed by atoms with Gasteiger partial charge in [-0.2, -0.15) is 5.10 Å². The van der Waals surface area contributed by atoms with E-state index in [-0.39, 0.29) is 11.8 Å². The summed E-state index contributed by atoms with van der Waals surface area (Å²) < 4.78 is 2.48. The zero-order valence-electron chi connectivity index (χ0n) is 14.7. The molecule has 2 amide bonds. The number of aromatic amines is 1. The van der Waals surface area contributed by atoms with Crippen molar-refractivity contribution in [3.05, 3.63) is 62.8 Å². The Kier molecular flexibility index (Phi) is 6.15. The molecule has 0 saturated heterocycles. The summed E-state index contributed by atoms with van der Waals surface area (Å²) in [7, 11) is 0. The van der Waals surface area contributed by atoms with Crippen LogP contribution in [0.3, 0.4) is 0 Å². The average molecular weight is 402 g/mol. The molecule has 0 saturated carbocycles. The lowest BCUT2D eigenvalue weighted by atomic mass is 10.2. The maximum atomic E-state index is 12.3. The number of thiophene rings is 1. The summed E-state index contributed by atoms with van der Waals surface area (Å²) >= 11 is 6.52. The van der Waals surface area contributed by atoms with Crippen molar-refractivity contribution >= 4 is 41.1 Å². The molecule has 9 heteroatoms. The Morgan fingerprint density at radius 2 is 2.00 bits per heavy atom. The molecule has 27 heavy (non-hydrogen) atoms. The lowest BCUT2D eigenvalue weighted by Crippen LogP contribution is -2.26. The van der Waals surface area contributed by atoms with Crippen molar-refractivity contribution in [3.63, 3.8) is 0 Å². The number of carbonyl (C=O) groups is 2. The summed E-state index contributed by atoms with van der Waals surface area (Å²) in [5, 5.41) is 14.5. The summed E-state index contributed by atoms with van der Waals surface area (Å²) in [5.41, 5.74) is 1.17. The van der Waals surface area contributed by atoms with Crippen LogP contribution in [0.25, 0.3) is 0 Å². The minimum absolute atomic E-state index is 0.161. The molecule has 0 atom stereocenters. The summed E-state index contributed by atoms with van der Waals surface area (Å²) in [4.78, 5) is 24.9. The molecule has 0 aliphatic carbocycles. The molecule has 3 N–H and O–H groups in total. The Balaban J connectivity index is 1.53. The first kappa shape index (κ1) is 19.0. The Morgan fingerprint density at radius 1 is 1.22 bits per heavy atom. The van der Waals surface area contributed by atoms with E-state index in [1.54, 1.807) is 30.3 Å². The number of hydrogen-bond donors (Lipinski definition) is 3. The van der Waals surface area contributed by atoms with Crippen molar-refractivity contribution in [3.8, 4) is 0 Å². The van der Waals surface area contributed by atoms with Crippen LogP contribution in [0.4, 0.5) is 5.69 Å². The molecule has 2 heterocycles. The number of anilines is 1. The van der Waals surface area contributed by atoms with Crippen LogP contribution in [0, 0.1) is 4.77 Å². The average Bonchev–Trinajstić information content (AvgIpc) is 3.32. The number of aromatic nitrogens is 3. The summed E-state index contributed by atoms with van der Waals surface area (Å²) in [6.07, 6.45) is 0.585. The van der Waals surface area contributed by atoms with Crippen molar-refractivity contribution in [2.24, 2.45) is 0 Å². The van der Waals surface area contributed by atoms with Gasteiger partial charge in [0.2, 0.25) is 0 Å². The molecule has 0 aliphatic rings. The van der Waals surface area contributed by atoms with Gasteiger partial charge < -0.3 is 15.2 Å². The predicted octanol–water partition coefficient (Wildman–Crippen LogP) is 3.25. The molecular formula is C18H19N5O2S2. The second kappa shape index (κ2) is 8.74. The van der Waals surface area contributed by atoms with Crippen LogP contribution < -0.4 is 10.6 Å². The third kappa shape index (κ3) is 4.69. The maximum Gasteiger partial charge on any atom is 0.265 e. The minimum atomic E-state index is -0.177. The second-order valence-electron chi connectivity index (χ2n) is 5.70. The molecule has 3 rings (SSSR count). The van der Waals surface area contributed by atoms with Crippen LogP contribution in [-0.2, 0) is 13.0 Å². The normalized spacial score (nSPS) is 10.6. The molecule has 1 aromatic carbocycles. The van der Waals surface area contributed by atoms with Gasteiger partial charge in [-0.3, -0.25) is 14.7 Å². The molecule has 0 spiro atoms. The van der Waals surface area contributed by atoms with Crippen molar-refractivity contribution in [2.45, 2.75) is 19.9 Å². The Hall–Kier alpha value is -2.78. The summed E-state index contributed by atoms with van der Waals surface area (Å²) in [6, 6.07) is 10.4. The zero-order valence-corrected chi connectivity index (χ0v) is 16.3. The first-order valence-corrected chi connectivity index (χ1v) is 9.74. The van der Waals surface area contributed by atoms with Crippen LogP contribution >= 0.6 is 23.6 Å². The number of benzene rings is 1. The van der Waals surface area contributed by atoms with Crippen LogP contribution in [0.1, 0.15) is 32.8 Å². The third-order valence-electron chi connectivity index (χ3n) is 3.94. The van der Waals surface area contributed by atoms with Crippen LogP contribution in [-0.4, -0.2) is 33.1 Å². The highest BCUT2D eigenvalue weighted by Gasteiger charge is 2.10. The van der Waals surface area contributed by atoms with Crippen molar-refractivity contribution in [1.82, 2.24) is 20.1 Å². The maximum absolute atomic E-state index is 12.3. The predicted molar refractivity (Wildman–Crippen MR) is 108 cm³/mol. The topological polar surface area (TPSA) is 91.8 Å². The number of nitrogens with one attached hydrogen (secondary N) is 3. The van der Waals surface area contributed by atoms with E-state index in [4.69, 9.17) is 12.2 Å². The smallest absolute Gasteiger partial charge is 0.265 e. The van der Waals surface area contributed by atoms with E-state index in [9.17, 15) is 9.59 Å². The molecule has 0 bridgehead atoms. The molecular weight excluding hydrogens is 382 g/mol. The number of nitrogens with zero attached hydrogens (tertiary/aromatic N) is 2. The Bertz CT molecular complexity index is 974. The molecule has 0 unspecified atom stereocenters. The van der Waals surface area contributed by atoms with Gasteiger partial charge in [0.05, 0.1) is 4.88 Å². The SMILES string of the molecule is CCn1c(CCNC(=O)c2ccc(NC(=O)c3cccs3)cc2)n[nH]c1=S. The quantitative estimate of drug-likeness (QED) is 0.530. The van der Waals surface area contributed by atoms with Gasteiger partial charge in [-0.1, -0.05) is 6.07 Å². The fraction of sp³-hybridized carbons (Fsp3) is 0.222. The van der Waals surface area contributed by atoms with Crippen LogP contribution in [0.2, 0.25) is 0 Å². The first-order valence-electron chi connectivity index (χ1n) is 8.45. The number of rotatable bonds is 7. The highest BCUT2D eigenvalue weighted by atomic mass is 32.1. The fourth-order valence-electron chi connectivity index (χ4n) is 2.56. The van der Waals surface area contributed by atoms with E-state index >= 15 is 0 Å². The standard InChI is InChI=1S/C18H19N5O2S2/c1-2-23-15(21-22-18(23)26)9-10-19-16(24)12-5-7-13(8-6-12)20-17(25)14-4-3-11-27-14/h3-8,11H,2,9-10H2,1H3,(H,19,24)(H,20,25)(H,22,26). The van der Waals surface area contributed by atoms with Crippen molar-refractivity contribution < 1.29 is 9.59 Å². The molecule has 0 fully saturated rings. The molecule has 2 aromatic heterocycles. The highest BCUT2D eigenvalue weighted by molar-refractivity contribution is 7.71. The van der Waals surface area contributed by atoms with Gasteiger partial charge in [0, 0.05) is 30.8 Å². The minimum Gasteiger partial charge on any atom is -0.352 e. The molecule has 7 nitrogen and oxygen atoms in total. The monoisotopic (exact) mass is 401 g/mol. The van der Waals surface area contributed by atoms with Gasteiger partial charge in [0.25, 0.3) is 11.8 Å². The van der Waals surface area contributed by atoms with Crippen molar-refractivity contribution in [2.75, 3.05) is 11.9 Å². The molecule has 0 radical (unpaired) electrons. The van der Waals surface area contributed by atoms with Gasteiger partial charge in [-0.15, -0.1) is 11.3 Å². The van der Waals surface area contributed by atoms with E-state index in [0.717, 1.165) is 12.4 Å². The van der Waals surface area contributed by atoms with Gasteiger partial charge in [0.15, 0.2) is 4.77 Å². The van der Waals surface area contributed by atoms with E-state index in [0.29, 0.717) is 33.9 Å². The fourth-order valence-corrected chi connectivity index (χ4v) is 3.46. The first-order chi connectivity index (χ1) is 13.1. The highest BCUT2D eigenvalue weighted by Crippen LogP contribution is 2.14. The lowest BCUT2D eigenvalue weighted by Gasteiger charge is -2.07. The third-order valence-corrected chi connectivity index (χ3v) is 5.12. The van der Waals surface area contributed by atoms with Gasteiger partial charge in [0.1, 0.15) is 5.82 Å². The van der Waals surface area contributed by atoms with Gasteiger partial charge in [-0.05, 0) is 54.9 Å². The number of carbonyl (C=O) groups excluding carboxylic acids is 2. The molecule has 0 aliphatic heterocycles. The molecule has 3 aromatic rings. The van der Waals surface area contributed by atoms with Crippen LogP contribution in [0.5, 0.6) is 0 Å². The Labute approximate surface area is 165 Å². The summed E-state index contributed by atoms with van der Waals surface area (Å²) in [5.74, 6) is 0.476. The van der Waals surface area contributed by atoms with E-state index < -0.39 is 0 Å². The van der Waals surface area contributed by atoms with E-state index in [1.807, 2.05) is 22.9 Å². The van der Waals surface area contributed by atoms with E-state index in [1.165, 1.54) is 11.3 Å². The zero-order chi connectivity index (χ0) is 19.2. The second-order valence-corrected chi connectivity index (χ2v) is 7.04. The molecule has 140 valence electrons. The number of amides is 2. The largest absolute Gasteiger partial charge is 0.352 e. The van der Waals surface area contributed by atoms with Gasteiger partial charge >= 0.3 is 0 Å². The lowest BCUT2D eigenvalue weighted by molar-refractivity contribution is 0.0953. The number of H-pyrrole nitrogens is 1.